The number of amides is 1. The van der Waals surface area contributed by atoms with E-state index >= 15 is 0 Å². The van der Waals surface area contributed by atoms with Crippen LogP contribution in [0.25, 0.3) is 0 Å². The predicted molar refractivity (Wildman–Crippen MR) is 83.0 cm³/mol. The molecule has 1 aliphatic heterocycles. The molecule has 0 unspecified atom stereocenters. The first-order valence-electron chi connectivity index (χ1n) is 6.54. The van der Waals surface area contributed by atoms with E-state index in [4.69, 9.17) is 16.3 Å². The second kappa shape index (κ2) is 8.35. The summed E-state index contributed by atoms with van der Waals surface area (Å²) in [5.41, 5.74) is 0.943. The lowest BCUT2D eigenvalue weighted by molar-refractivity contribution is -0.123. The van der Waals surface area contributed by atoms with Crippen molar-refractivity contribution in [1.82, 2.24) is 10.6 Å². The van der Waals surface area contributed by atoms with Gasteiger partial charge >= 0.3 is 0 Å². The first-order chi connectivity index (χ1) is 9.15. The molecule has 4 nitrogen and oxygen atoms in total. The Balaban J connectivity index is 0.00000200. The van der Waals surface area contributed by atoms with Crippen LogP contribution in [0, 0.1) is 6.92 Å². The Labute approximate surface area is 130 Å². The van der Waals surface area contributed by atoms with Crippen LogP contribution >= 0.6 is 24.0 Å². The fraction of sp³-hybridized carbons (Fsp3) is 0.500. The van der Waals surface area contributed by atoms with Gasteiger partial charge in [0.25, 0.3) is 5.91 Å². The summed E-state index contributed by atoms with van der Waals surface area (Å²) in [5, 5.41) is 6.95. The molecule has 1 saturated heterocycles. The molecule has 0 saturated carbocycles. The summed E-state index contributed by atoms with van der Waals surface area (Å²) in [6.07, 6.45) is 1.96. The van der Waals surface area contributed by atoms with Gasteiger partial charge in [0, 0.05) is 11.1 Å². The molecule has 20 heavy (non-hydrogen) atoms. The zero-order valence-corrected chi connectivity index (χ0v) is 13.0. The second-order valence-corrected chi connectivity index (χ2v) is 5.20. The summed E-state index contributed by atoms with van der Waals surface area (Å²) < 4.78 is 5.46. The number of rotatable bonds is 4. The number of halogens is 2. The Morgan fingerprint density at radius 1 is 1.45 bits per heavy atom. The van der Waals surface area contributed by atoms with Crippen molar-refractivity contribution in [2.75, 3.05) is 19.7 Å². The molecule has 0 radical (unpaired) electrons. The van der Waals surface area contributed by atoms with Crippen LogP contribution < -0.4 is 15.4 Å². The van der Waals surface area contributed by atoms with Gasteiger partial charge in [-0.15, -0.1) is 12.4 Å². The molecule has 0 spiro atoms. The summed E-state index contributed by atoms with van der Waals surface area (Å²) in [5.74, 6) is 0.599. The molecule has 0 aliphatic carbocycles. The molecular formula is C14H20Cl2N2O2. The highest BCUT2D eigenvalue weighted by Crippen LogP contribution is 2.20. The number of ether oxygens (including phenoxy) is 1. The van der Waals surface area contributed by atoms with Crippen molar-refractivity contribution in [2.45, 2.75) is 25.8 Å². The van der Waals surface area contributed by atoms with Crippen LogP contribution in [0.1, 0.15) is 18.4 Å². The molecule has 2 N–H and O–H groups in total. The van der Waals surface area contributed by atoms with Crippen LogP contribution in [0.3, 0.4) is 0 Å². The molecule has 1 aliphatic rings. The van der Waals surface area contributed by atoms with Gasteiger partial charge in [-0.1, -0.05) is 11.6 Å². The maximum absolute atomic E-state index is 11.8. The van der Waals surface area contributed by atoms with Gasteiger partial charge in [0.15, 0.2) is 6.61 Å². The predicted octanol–water partition coefficient (Wildman–Crippen LogP) is 2.32. The van der Waals surface area contributed by atoms with Crippen molar-refractivity contribution in [3.63, 3.8) is 0 Å². The van der Waals surface area contributed by atoms with Crippen LogP contribution in [0.2, 0.25) is 5.02 Å². The van der Waals surface area contributed by atoms with Gasteiger partial charge in [-0.2, -0.15) is 0 Å². The zero-order valence-electron chi connectivity index (χ0n) is 11.4. The minimum Gasteiger partial charge on any atom is -0.484 e. The van der Waals surface area contributed by atoms with Gasteiger partial charge in [0.1, 0.15) is 5.75 Å². The molecule has 1 amide bonds. The lowest BCUT2D eigenvalue weighted by atomic mass is 10.1. The molecule has 6 heteroatoms. The van der Waals surface area contributed by atoms with E-state index in [0.717, 1.165) is 31.5 Å². The quantitative estimate of drug-likeness (QED) is 0.895. The maximum Gasteiger partial charge on any atom is 0.258 e. The number of nitrogens with one attached hydrogen (secondary N) is 2. The highest BCUT2D eigenvalue weighted by atomic mass is 35.5. The normalized spacial score (nSPS) is 15.3. The first-order valence-corrected chi connectivity index (χ1v) is 6.92. The number of aryl methyl sites for hydroxylation is 1. The number of hydrogen-bond acceptors (Lipinski definition) is 3. The van der Waals surface area contributed by atoms with Crippen LogP contribution in [-0.4, -0.2) is 31.6 Å². The summed E-state index contributed by atoms with van der Waals surface area (Å²) in [4.78, 5) is 11.8. The SMILES string of the molecule is Cc1cc(OCC(=O)NC2CCNCC2)ccc1Cl.Cl. The van der Waals surface area contributed by atoms with Gasteiger partial charge < -0.3 is 15.4 Å². The van der Waals surface area contributed by atoms with Gasteiger partial charge in [0.05, 0.1) is 0 Å². The zero-order chi connectivity index (χ0) is 13.7. The van der Waals surface area contributed by atoms with Crippen LogP contribution in [0.5, 0.6) is 5.75 Å². The third-order valence-electron chi connectivity index (χ3n) is 3.20. The number of benzene rings is 1. The molecular weight excluding hydrogens is 299 g/mol. The van der Waals surface area contributed by atoms with Crippen molar-refractivity contribution in [2.24, 2.45) is 0 Å². The second-order valence-electron chi connectivity index (χ2n) is 4.79. The van der Waals surface area contributed by atoms with Crippen molar-refractivity contribution in [3.8, 4) is 5.75 Å². The number of carbonyl (C=O) groups excluding carboxylic acids is 1. The van der Waals surface area contributed by atoms with Gasteiger partial charge in [-0.3, -0.25) is 4.79 Å². The molecule has 1 fully saturated rings. The third kappa shape index (κ3) is 5.19. The molecule has 112 valence electrons. The van der Waals surface area contributed by atoms with Crippen molar-refractivity contribution in [3.05, 3.63) is 28.8 Å². The number of piperidine rings is 1. The highest BCUT2D eigenvalue weighted by molar-refractivity contribution is 6.31. The summed E-state index contributed by atoms with van der Waals surface area (Å²) in [7, 11) is 0. The molecule has 1 aromatic carbocycles. The molecule has 0 aromatic heterocycles. The lowest BCUT2D eigenvalue weighted by Gasteiger charge is -2.23. The van der Waals surface area contributed by atoms with Crippen molar-refractivity contribution < 1.29 is 9.53 Å². The molecule has 0 bridgehead atoms. The Bertz CT molecular complexity index is 449. The molecule has 2 rings (SSSR count). The van der Waals surface area contributed by atoms with E-state index in [2.05, 4.69) is 10.6 Å². The van der Waals surface area contributed by atoms with E-state index in [1.807, 2.05) is 13.0 Å². The average Bonchev–Trinajstić information content (AvgIpc) is 2.41. The lowest BCUT2D eigenvalue weighted by Crippen LogP contribution is -2.44. The Morgan fingerprint density at radius 2 is 2.15 bits per heavy atom. The summed E-state index contributed by atoms with van der Waals surface area (Å²) >= 11 is 5.93. The van der Waals surface area contributed by atoms with E-state index in [0.29, 0.717) is 10.8 Å². The van der Waals surface area contributed by atoms with E-state index in [9.17, 15) is 4.79 Å². The van der Waals surface area contributed by atoms with Crippen LogP contribution in [0.15, 0.2) is 18.2 Å². The fourth-order valence-corrected chi connectivity index (χ4v) is 2.21. The highest BCUT2D eigenvalue weighted by Gasteiger charge is 2.15. The monoisotopic (exact) mass is 318 g/mol. The Hall–Kier alpha value is -0.970. The van der Waals surface area contributed by atoms with E-state index in [1.165, 1.54) is 0 Å². The molecule has 1 aromatic rings. The topological polar surface area (TPSA) is 50.4 Å². The number of carbonyl (C=O) groups is 1. The van der Waals surface area contributed by atoms with Gasteiger partial charge in [0.2, 0.25) is 0 Å². The van der Waals surface area contributed by atoms with Crippen molar-refractivity contribution >= 4 is 29.9 Å². The Morgan fingerprint density at radius 3 is 2.80 bits per heavy atom. The first kappa shape index (κ1) is 17.1. The van der Waals surface area contributed by atoms with E-state index in [1.54, 1.807) is 12.1 Å². The standard InChI is InChI=1S/C14H19ClN2O2.ClH/c1-10-8-12(2-3-13(10)15)19-9-14(18)17-11-4-6-16-7-5-11;/h2-3,8,11,16H,4-7,9H2,1H3,(H,17,18);1H. The summed E-state index contributed by atoms with van der Waals surface area (Å²) in [6, 6.07) is 5.65. The third-order valence-corrected chi connectivity index (χ3v) is 3.63. The van der Waals surface area contributed by atoms with E-state index < -0.39 is 0 Å². The van der Waals surface area contributed by atoms with E-state index in [-0.39, 0.29) is 31.0 Å². The molecule has 0 atom stereocenters. The maximum atomic E-state index is 11.8. The minimum atomic E-state index is -0.0699. The van der Waals surface area contributed by atoms with Crippen LogP contribution in [0.4, 0.5) is 0 Å². The van der Waals surface area contributed by atoms with Gasteiger partial charge in [-0.25, -0.2) is 0 Å². The van der Waals surface area contributed by atoms with Crippen LogP contribution in [-0.2, 0) is 4.79 Å². The molecule has 1 heterocycles. The smallest absolute Gasteiger partial charge is 0.258 e. The van der Waals surface area contributed by atoms with Crippen molar-refractivity contribution in [1.29, 1.82) is 0 Å². The average molecular weight is 319 g/mol. The fourth-order valence-electron chi connectivity index (χ4n) is 2.09. The summed E-state index contributed by atoms with van der Waals surface area (Å²) in [6.45, 7) is 3.87. The van der Waals surface area contributed by atoms with Gasteiger partial charge in [-0.05, 0) is 56.6 Å². The largest absolute Gasteiger partial charge is 0.484 e. The Kier molecular flexibility index (Phi) is 7.13. The number of hydrogen-bond donors (Lipinski definition) is 2. The minimum absolute atomic E-state index is 0.